The van der Waals surface area contributed by atoms with Crippen molar-refractivity contribution in [2.45, 2.75) is 26.2 Å². The minimum absolute atomic E-state index is 0.842. The highest BCUT2D eigenvalue weighted by molar-refractivity contribution is 5.44. The molecule has 0 bridgehead atoms. The van der Waals surface area contributed by atoms with E-state index in [4.69, 9.17) is 5.73 Å². The molecule has 82 valence electrons. The number of rotatable bonds is 3. The SMILES string of the molecule is Cc1cnc(CCN2CCCC2)c(N)c1. The zero-order valence-corrected chi connectivity index (χ0v) is 9.37. The molecule has 3 heteroatoms. The molecule has 3 nitrogen and oxygen atoms in total. The van der Waals surface area contributed by atoms with E-state index < -0.39 is 0 Å². The maximum atomic E-state index is 5.93. The summed E-state index contributed by atoms with van der Waals surface area (Å²) in [7, 11) is 0. The maximum absolute atomic E-state index is 5.93. The van der Waals surface area contributed by atoms with Gasteiger partial charge in [-0.3, -0.25) is 4.98 Å². The molecule has 1 aliphatic heterocycles. The van der Waals surface area contributed by atoms with Crippen LogP contribution in [-0.4, -0.2) is 29.5 Å². The lowest BCUT2D eigenvalue weighted by atomic mass is 10.2. The lowest BCUT2D eigenvalue weighted by Crippen LogP contribution is -2.22. The van der Waals surface area contributed by atoms with Crippen molar-refractivity contribution in [1.29, 1.82) is 0 Å². The summed E-state index contributed by atoms with van der Waals surface area (Å²) in [6.07, 6.45) is 5.56. The normalized spacial score (nSPS) is 17.1. The Morgan fingerprint density at radius 1 is 1.40 bits per heavy atom. The summed E-state index contributed by atoms with van der Waals surface area (Å²) in [6, 6.07) is 2.01. The zero-order valence-electron chi connectivity index (χ0n) is 9.37. The first-order valence-electron chi connectivity index (χ1n) is 5.69. The van der Waals surface area contributed by atoms with Crippen molar-refractivity contribution >= 4 is 5.69 Å². The Labute approximate surface area is 91.3 Å². The molecular weight excluding hydrogens is 186 g/mol. The summed E-state index contributed by atoms with van der Waals surface area (Å²) in [5, 5.41) is 0. The van der Waals surface area contributed by atoms with Gasteiger partial charge in [0.15, 0.2) is 0 Å². The van der Waals surface area contributed by atoms with E-state index in [0.29, 0.717) is 0 Å². The molecule has 15 heavy (non-hydrogen) atoms. The summed E-state index contributed by atoms with van der Waals surface area (Å²) >= 11 is 0. The second-order valence-corrected chi connectivity index (χ2v) is 4.35. The summed E-state index contributed by atoms with van der Waals surface area (Å²) < 4.78 is 0. The molecular formula is C12H19N3. The van der Waals surface area contributed by atoms with E-state index in [1.165, 1.54) is 25.9 Å². The first-order valence-corrected chi connectivity index (χ1v) is 5.69. The number of nitrogen functional groups attached to an aromatic ring is 1. The van der Waals surface area contributed by atoms with Gasteiger partial charge in [-0.15, -0.1) is 0 Å². The highest BCUT2D eigenvalue weighted by Crippen LogP contribution is 2.13. The Morgan fingerprint density at radius 2 is 2.13 bits per heavy atom. The van der Waals surface area contributed by atoms with Crippen LogP contribution in [0.4, 0.5) is 5.69 Å². The number of nitrogens with two attached hydrogens (primary N) is 1. The van der Waals surface area contributed by atoms with E-state index in [1.807, 2.05) is 19.2 Å². The van der Waals surface area contributed by atoms with Gasteiger partial charge in [-0.25, -0.2) is 0 Å². The molecule has 1 saturated heterocycles. The summed E-state index contributed by atoms with van der Waals surface area (Å²) in [5.74, 6) is 0. The van der Waals surface area contributed by atoms with Crippen molar-refractivity contribution in [2.24, 2.45) is 0 Å². The first-order chi connectivity index (χ1) is 7.25. The van der Waals surface area contributed by atoms with Gasteiger partial charge >= 0.3 is 0 Å². The highest BCUT2D eigenvalue weighted by Gasteiger charge is 2.11. The molecule has 1 aromatic heterocycles. The van der Waals surface area contributed by atoms with E-state index in [0.717, 1.165) is 29.9 Å². The molecule has 0 spiro atoms. The molecule has 0 atom stereocenters. The van der Waals surface area contributed by atoms with E-state index in [9.17, 15) is 0 Å². The smallest absolute Gasteiger partial charge is 0.0645 e. The minimum atomic E-state index is 0.842. The fraction of sp³-hybridized carbons (Fsp3) is 0.583. The summed E-state index contributed by atoms with van der Waals surface area (Å²) in [6.45, 7) is 5.60. The minimum Gasteiger partial charge on any atom is -0.397 e. The number of aromatic nitrogens is 1. The lowest BCUT2D eigenvalue weighted by Gasteiger charge is -2.14. The molecule has 2 rings (SSSR count). The highest BCUT2D eigenvalue weighted by atomic mass is 15.1. The van der Waals surface area contributed by atoms with Gasteiger partial charge < -0.3 is 10.6 Å². The Bertz CT molecular complexity index is 330. The second kappa shape index (κ2) is 4.62. The van der Waals surface area contributed by atoms with Crippen molar-refractivity contribution < 1.29 is 0 Å². The maximum Gasteiger partial charge on any atom is 0.0645 e. The van der Waals surface area contributed by atoms with Crippen LogP contribution in [0.1, 0.15) is 24.1 Å². The van der Waals surface area contributed by atoms with Gasteiger partial charge in [0.25, 0.3) is 0 Å². The monoisotopic (exact) mass is 205 g/mol. The molecule has 1 aromatic rings. The number of pyridine rings is 1. The quantitative estimate of drug-likeness (QED) is 0.815. The number of anilines is 1. The molecule has 1 fully saturated rings. The Balaban J connectivity index is 1.92. The molecule has 0 amide bonds. The largest absolute Gasteiger partial charge is 0.397 e. The third-order valence-electron chi connectivity index (χ3n) is 3.00. The lowest BCUT2D eigenvalue weighted by molar-refractivity contribution is 0.342. The van der Waals surface area contributed by atoms with Crippen LogP contribution in [0.3, 0.4) is 0 Å². The van der Waals surface area contributed by atoms with E-state index in [-0.39, 0.29) is 0 Å². The van der Waals surface area contributed by atoms with Crippen LogP contribution in [0.15, 0.2) is 12.3 Å². The van der Waals surface area contributed by atoms with E-state index in [1.54, 1.807) is 0 Å². The van der Waals surface area contributed by atoms with Gasteiger partial charge in [-0.1, -0.05) is 0 Å². The van der Waals surface area contributed by atoms with Crippen molar-refractivity contribution in [3.8, 4) is 0 Å². The van der Waals surface area contributed by atoms with E-state index in [2.05, 4.69) is 9.88 Å². The number of likely N-dealkylation sites (tertiary alicyclic amines) is 1. The van der Waals surface area contributed by atoms with Gasteiger partial charge in [0.2, 0.25) is 0 Å². The van der Waals surface area contributed by atoms with Crippen LogP contribution >= 0.6 is 0 Å². The fourth-order valence-corrected chi connectivity index (χ4v) is 2.10. The third-order valence-corrected chi connectivity index (χ3v) is 3.00. The summed E-state index contributed by atoms with van der Waals surface area (Å²) in [5.41, 5.74) is 8.95. The van der Waals surface area contributed by atoms with Gasteiger partial charge in [0.05, 0.1) is 11.4 Å². The first kappa shape index (κ1) is 10.4. The topological polar surface area (TPSA) is 42.2 Å². The van der Waals surface area contributed by atoms with Crippen LogP contribution in [0, 0.1) is 6.92 Å². The Morgan fingerprint density at radius 3 is 2.80 bits per heavy atom. The average Bonchev–Trinajstić information content (AvgIpc) is 2.69. The Hall–Kier alpha value is -1.09. The zero-order chi connectivity index (χ0) is 10.7. The van der Waals surface area contributed by atoms with Crippen molar-refractivity contribution in [3.05, 3.63) is 23.5 Å². The molecule has 0 radical (unpaired) electrons. The number of hydrogen-bond donors (Lipinski definition) is 1. The van der Waals surface area contributed by atoms with Gasteiger partial charge in [-0.2, -0.15) is 0 Å². The van der Waals surface area contributed by atoms with Gasteiger partial charge in [-0.05, 0) is 44.5 Å². The third kappa shape index (κ3) is 2.69. The Kier molecular flexibility index (Phi) is 3.21. The molecule has 0 aliphatic carbocycles. The van der Waals surface area contributed by atoms with Crippen molar-refractivity contribution in [3.63, 3.8) is 0 Å². The van der Waals surface area contributed by atoms with Crippen LogP contribution in [0.2, 0.25) is 0 Å². The molecule has 1 aliphatic rings. The van der Waals surface area contributed by atoms with Crippen LogP contribution in [0.5, 0.6) is 0 Å². The number of hydrogen-bond acceptors (Lipinski definition) is 3. The second-order valence-electron chi connectivity index (χ2n) is 4.35. The summed E-state index contributed by atoms with van der Waals surface area (Å²) in [4.78, 5) is 6.87. The number of aryl methyl sites for hydroxylation is 1. The molecule has 0 unspecified atom stereocenters. The average molecular weight is 205 g/mol. The van der Waals surface area contributed by atoms with Gasteiger partial charge in [0.1, 0.15) is 0 Å². The van der Waals surface area contributed by atoms with E-state index >= 15 is 0 Å². The molecule has 0 aromatic carbocycles. The van der Waals surface area contributed by atoms with Gasteiger partial charge in [0, 0.05) is 19.2 Å². The van der Waals surface area contributed by atoms with Crippen LogP contribution in [-0.2, 0) is 6.42 Å². The fourth-order valence-electron chi connectivity index (χ4n) is 2.10. The predicted molar refractivity (Wildman–Crippen MR) is 62.8 cm³/mol. The van der Waals surface area contributed by atoms with Crippen molar-refractivity contribution in [1.82, 2.24) is 9.88 Å². The predicted octanol–water partition coefficient (Wildman–Crippen LogP) is 1.61. The van der Waals surface area contributed by atoms with Crippen LogP contribution < -0.4 is 5.73 Å². The molecule has 2 N–H and O–H groups in total. The standard InChI is InChI=1S/C12H19N3/c1-10-8-11(13)12(14-9-10)4-7-15-5-2-3-6-15/h8-9H,2-7,13H2,1H3. The molecule has 0 saturated carbocycles. The van der Waals surface area contributed by atoms with Crippen molar-refractivity contribution in [2.75, 3.05) is 25.4 Å². The number of nitrogens with zero attached hydrogens (tertiary/aromatic N) is 2. The molecule has 2 heterocycles. The van der Waals surface area contributed by atoms with Crippen LogP contribution in [0.25, 0.3) is 0 Å².